The average Bonchev–Trinajstić information content (AvgIpc) is 2.76. The summed E-state index contributed by atoms with van der Waals surface area (Å²) in [6, 6.07) is 5.93. The number of rotatable bonds is 6. The molecule has 0 bridgehead atoms. The molecule has 8 heteroatoms. The van der Waals surface area contributed by atoms with Gasteiger partial charge in [0.1, 0.15) is 5.70 Å². The van der Waals surface area contributed by atoms with Crippen LogP contribution in [0, 0.1) is 0 Å². The topological polar surface area (TPSA) is 104 Å². The van der Waals surface area contributed by atoms with Crippen molar-refractivity contribution >= 4 is 27.3 Å². The molecule has 118 valence electrons. The van der Waals surface area contributed by atoms with Gasteiger partial charge in [0.2, 0.25) is 0 Å². The van der Waals surface area contributed by atoms with Crippen molar-refractivity contribution in [3.63, 3.8) is 0 Å². The van der Waals surface area contributed by atoms with Crippen molar-refractivity contribution in [1.29, 1.82) is 0 Å². The number of β-amino-alcohol motifs (C(OH)–C–C–N with tert-alkyl or cyclic N) is 1. The Balaban J connectivity index is 2.14. The van der Waals surface area contributed by atoms with Gasteiger partial charge in [-0.2, -0.15) is 0 Å². The smallest absolute Gasteiger partial charge is 0.277 e. The third kappa shape index (κ3) is 3.18. The van der Waals surface area contributed by atoms with Crippen LogP contribution in [0.25, 0.3) is 0 Å². The van der Waals surface area contributed by atoms with E-state index in [-0.39, 0.29) is 29.5 Å². The maximum absolute atomic E-state index is 12.0. The highest BCUT2D eigenvalue weighted by molar-refractivity contribution is 7.91. The lowest BCUT2D eigenvalue weighted by molar-refractivity contribution is -0.137. The SMILES string of the molecule is CCS(=O)(=O)c1ccc(NC2=CC(=O)N(CCO)C2=O)cc1. The van der Waals surface area contributed by atoms with Gasteiger partial charge in [-0.15, -0.1) is 0 Å². The van der Waals surface area contributed by atoms with Gasteiger partial charge < -0.3 is 10.4 Å². The number of aliphatic hydroxyl groups excluding tert-OH is 1. The fourth-order valence-electron chi connectivity index (χ4n) is 1.98. The summed E-state index contributed by atoms with van der Waals surface area (Å²) >= 11 is 0. The van der Waals surface area contributed by atoms with Gasteiger partial charge >= 0.3 is 0 Å². The quantitative estimate of drug-likeness (QED) is 0.721. The van der Waals surface area contributed by atoms with Crippen molar-refractivity contribution in [3.8, 4) is 0 Å². The molecule has 0 atom stereocenters. The molecule has 1 aromatic rings. The van der Waals surface area contributed by atoms with Gasteiger partial charge in [0.25, 0.3) is 11.8 Å². The molecule has 1 aromatic carbocycles. The number of anilines is 1. The largest absolute Gasteiger partial charge is 0.395 e. The fraction of sp³-hybridized carbons (Fsp3) is 0.286. The van der Waals surface area contributed by atoms with Crippen molar-refractivity contribution in [2.75, 3.05) is 24.2 Å². The third-order valence-corrected chi connectivity index (χ3v) is 4.96. The van der Waals surface area contributed by atoms with Crippen molar-refractivity contribution in [3.05, 3.63) is 36.0 Å². The molecule has 1 aliphatic rings. The van der Waals surface area contributed by atoms with Gasteiger partial charge in [0.15, 0.2) is 9.84 Å². The molecule has 2 N–H and O–H groups in total. The number of aliphatic hydroxyl groups is 1. The number of sulfone groups is 1. The Bertz CT molecular complexity index is 722. The second-order valence-corrected chi connectivity index (χ2v) is 6.91. The van der Waals surface area contributed by atoms with Crippen LogP contribution in [0.15, 0.2) is 40.9 Å². The van der Waals surface area contributed by atoms with Crippen LogP contribution >= 0.6 is 0 Å². The highest BCUT2D eigenvalue weighted by Gasteiger charge is 2.30. The van der Waals surface area contributed by atoms with E-state index in [9.17, 15) is 18.0 Å². The van der Waals surface area contributed by atoms with E-state index in [2.05, 4.69) is 5.32 Å². The molecule has 0 aliphatic carbocycles. The van der Waals surface area contributed by atoms with Crippen LogP contribution < -0.4 is 5.32 Å². The highest BCUT2D eigenvalue weighted by atomic mass is 32.2. The van der Waals surface area contributed by atoms with Crippen molar-refractivity contribution < 1.29 is 23.1 Å². The molecule has 1 aliphatic heterocycles. The van der Waals surface area contributed by atoms with Gasteiger partial charge in [-0.25, -0.2) is 8.42 Å². The summed E-state index contributed by atoms with van der Waals surface area (Å²) in [6.07, 6.45) is 1.15. The molecule has 0 spiro atoms. The lowest BCUT2D eigenvalue weighted by atomic mass is 10.3. The summed E-state index contributed by atoms with van der Waals surface area (Å²) in [7, 11) is -3.28. The minimum Gasteiger partial charge on any atom is -0.395 e. The maximum atomic E-state index is 12.0. The molecule has 1 heterocycles. The summed E-state index contributed by atoms with van der Waals surface area (Å²) in [5, 5.41) is 11.6. The molecule has 0 saturated carbocycles. The van der Waals surface area contributed by atoms with Crippen LogP contribution in [0.3, 0.4) is 0 Å². The Morgan fingerprint density at radius 1 is 1.18 bits per heavy atom. The van der Waals surface area contributed by atoms with Crippen LogP contribution in [-0.4, -0.2) is 49.1 Å². The van der Waals surface area contributed by atoms with E-state index in [1.165, 1.54) is 24.3 Å². The van der Waals surface area contributed by atoms with Crippen molar-refractivity contribution in [2.45, 2.75) is 11.8 Å². The van der Waals surface area contributed by atoms with E-state index in [1.54, 1.807) is 6.92 Å². The number of carbonyl (C=O) groups is 2. The Morgan fingerprint density at radius 2 is 1.82 bits per heavy atom. The summed E-state index contributed by atoms with van der Waals surface area (Å²) in [5.41, 5.74) is 0.581. The summed E-state index contributed by atoms with van der Waals surface area (Å²) in [6.45, 7) is 1.19. The minimum atomic E-state index is -3.28. The molecule has 0 unspecified atom stereocenters. The monoisotopic (exact) mass is 324 g/mol. The lowest BCUT2D eigenvalue weighted by Gasteiger charge is -2.13. The Kier molecular flexibility index (Phi) is 4.62. The first-order valence-electron chi connectivity index (χ1n) is 6.67. The Morgan fingerprint density at radius 3 is 2.36 bits per heavy atom. The number of imide groups is 1. The number of hydrogen-bond acceptors (Lipinski definition) is 6. The third-order valence-electron chi connectivity index (χ3n) is 3.21. The standard InChI is InChI=1S/C14H16N2O5S/c1-2-22(20,21)11-5-3-10(4-6-11)15-12-9-13(18)16(7-8-17)14(12)19/h3-6,9,15,17H,2,7-8H2,1H3. The zero-order chi connectivity index (χ0) is 16.3. The molecule has 22 heavy (non-hydrogen) atoms. The maximum Gasteiger partial charge on any atom is 0.277 e. The first-order valence-corrected chi connectivity index (χ1v) is 8.32. The lowest BCUT2D eigenvalue weighted by Crippen LogP contribution is -2.34. The molecule has 7 nitrogen and oxygen atoms in total. The molecule has 2 rings (SSSR count). The Labute approximate surface area is 128 Å². The molecule has 0 saturated heterocycles. The van der Waals surface area contributed by atoms with E-state index >= 15 is 0 Å². The molecule has 0 radical (unpaired) electrons. The molecule has 0 aromatic heterocycles. The normalized spacial score (nSPS) is 15.2. The van der Waals surface area contributed by atoms with Gasteiger partial charge in [-0.1, -0.05) is 6.92 Å². The van der Waals surface area contributed by atoms with Crippen molar-refractivity contribution in [1.82, 2.24) is 4.90 Å². The average molecular weight is 324 g/mol. The summed E-state index contributed by atoms with van der Waals surface area (Å²) in [4.78, 5) is 24.7. The second-order valence-electron chi connectivity index (χ2n) is 4.63. The first kappa shape index (κ1) is 16.2. The zero-order valence-corrected chi connectivity index (χ0v) is 12.8. The second kappa shape index (κ2) is 6.29. The Hall–Kier alpha value is -2.19. The number of nitrogens with one attached hydrogen (secondary N) is 1. The van der Waals surface area contributed by atoms with Crippen LogP contribution in [-0.2, 0) is 19.4 Å². The van der Waals surface area contributed by atoms with E-state index in [4.69, 9.17) is 5.11 Å². The predicted molar refractivity (Wildman–Crippen MR) is 79.7 cm³/mol. The van der Waals surface area contributed by atoms with Crippen LogP contribution in [0.4, 0.5) is 5.69 Å². The van der Waals surface area contributed by atoms with E-state index in [0.29, 0.717) is 5.69 Å². The van der Waals surface area contributed by atoms with Crippen LogP contribution in [0.1, 0.15) is 6.92 Å². The van der Waals surface area contributed by atoms with E-state index in [1.807, 2.05) is 0 Å². The first-order chi connectivity index (χ1) is 10.4. The van der Waals surface area contributed by atoms with Gasteiger partial charge in [0.05, 0.1) is 23.8 Å². The summed E-state index contributed by atoms with van der Waals surface area (Å²) in [5.74, 6) is -1.01. The highest BCUT2D eigenvalue weighted by Crippen LogP contribution is 2.19. The number of carbonyl (C=O) groups excluding carboxylic acids is 2. The van der Waals surface area contributed by atoms with Gasteiger partial charge in [-0.3, -0.25) is 14.5 Å². The molecular weight excluding hydrogens is 308 g/mol. The van der Waals surface area contributed by atoms with Crippen LogP contribution in [0.2, 0.25) is 0 Å². The van der Waals surface area contributed by atoms with Gasteiger partial charge in [-0.05, 0) is 24.3 Å². The number of amides is 2. The molecule has 2 amide bonds. The number of nitrogens with zero attached hydrogens (tertiary/aromatic N) is 1. The number of hydrogen-bond donors (Lipinski definition) is 2. The van der Waals surface area contributed by atoms with E-state index in [0.717, 1.165) is 11.0 Å². The zero-order valence-electron chi connectivity index (χ0n) is 11.9. The summed E-state index contributed by atoms with van der Waals surface area (Å²) < 4.78 is 23.4. The van der Waals surface area contributed by atoms with Crippen molar-refractivity contribution in [2.24, 2.45) is 0 Å². The number of benzene rings is 1. The minimum absolute atomic E-state index is 0.00797. The van der Waals surface area contributed by atoms with Gasteiger partial charge in [0, 0.05) is 11.8 Å². The predicted octanol–water partition coefficient (Wildman–Crippen LogP) is 0.137. The van der Waals surface area contributed by atoms with E-state index < -0.39 is 21.7 Å². The molecule has 0 fully saturated rings. The van der Waals surface area contributed by atoms with Crippen LogP contribution in [0.5, 0.6) is 0 Å². The fourth-order valence-corrected chi connectivity index (χ4v) is 2.86. The molecular formula is C14H16N2O5S.